The number of piperidine rings is 1. The lowest BCUT2D eigenvalue weighted by Gasteiger charge is -2.31. The molecular formula is C22H26FN3O4. The lowest BCUT2D eigenvalue weighted by atomic mass is 9.95. The van der Waals surface area contributed by atoms with E-state index in [4.69, 9.17) is 9.47 Å². The third kappa shape index (κ3) is 5.76. The Morgan fingerprint density at radius 1 is 1.17 bits per heavy atom. The number of carbonyl (C=O) groups excluding carboxylic acids is 2. The summed E-state index contributed by atoms with van der Waals surface area (Å²) in [6.45, 7) is 2.15. The molecule has 1 N–H and O–H groups in total. The highest BCUT2D eigenvalue weighted by molar-refractivity contribution is 5.94. The van der Waals surface area contributed by atoms with Crippen molar-refractivity contribution in [3.8, 4) is 5.88 Å². The normalized spacial score (nSPS) is 14.4. The molecule has 1 aromatic heterocycles. The third-order valence-electron chi connectivity index (χ3n) is 5.07. The Morgan fingerprint density at radius 2 is 1.90 bits per heavy atom. The number of hydrogen-bond donors (Lipinski definition) is 1. The molecule has 1 fully saturated rings. The van der Waals surface area contributed by atoms with E-state index in [1.807, 2.05) is 6.07 Å². The number of rotatable bonds is 8. The van der Waals surface area contributed by atoms with Gasteiger partial charge in [0.05, 0.1) is 6.61 Å². The first kappa shape index (κ1) is 21.7. The fraction of sp³-hybridized carbons (Fsp3) is 0.409. The molecule has 0 spiro atoms. The number of nitrogens with one attached hydrogen (secondary N) is 1. The summed E-state index contributed by atoms with van der Waals surface area (Å²) in [7, 11) is 1.60. The van der Waals surface area contributed by atoms with Crippen LogP contribution >= 0.6 is 0 Å². The van der Waals surface area contributed by atoms with Gasteiger partial charge in [-0.2, -0.15) is 0 Å². The molecule has 0 unspecified atom stereocenters. The van der Waals surface area contributed by atoms with Crippen LogP contribution in [-0.4, -0.2) is 55.1 Å². The summed E-state index contributed by atoms with van der Waals surface area (Å²) in [5.41, 5.74) is 1.25. The number of likely N-dealkylation sites (tertiary alicyclic amines) is 1. The van der Waals surface area contributed by atoms with Gasteiger partial charge in [0, 0.05) is 50.0 Å². The lowest BCUT2D eigenvalue weighted by Crippen LogP contribution is -2.43. The van der Waals surface area contributed by atoms with E-state index in [1.165, 1.54) is 24.3 Å². The first-order valence-electron chi connectivity index (χ1n) is 9.96. The number of aromatic nitrogens is 1. The second kappa shape index (κ2) is 10.7. The highest BCUT2D eigenvalue weighted by Gasteiger charge is 2.27. The molecule has 2 amide bonds. The van der Waals surface area contributed by atoms with E-state index in [9.17, 15) is 14.0 Å². The Hall–Kier alpha value is -3.00. The van der Waals surface area contributed by atoms with E-state index in [0.29, 0.717) is 57.1 Å². The van der Waals surface area contributed by atoms with Gasteiger partial charge in [0.2, 0.25) is 11.8 Å². The number of pyridine rings is 1. The Labute approximate surface area is 175 Å². The lowest BCUT2D eigenvalue weighted by molar-refractivity contribution is -0.126. The predicted molar refractivity (Wildman–Crippen MR) is 108 cm³/mol. The van der Waals surface area contributed by atoms with Crippen LogP contribution in [0.2, 0.25) is 0 Å². The van der Waals surface area contributed by atoms with E-state index in [0.717, 1.165) is 5.56 Å². The highest BCUT2D eigenvalue weighted by Crippen LogP contribution is 2.20. The maximum absolute atomic E-state index is 13.0. The molecule has 0 bridgehead atoms. The first-order chi connectivity index (χ1) is 14.6. The summed E-state index contributed by atoms with van der Waals surface area (Å²) in [5.74, 6) is -0.230. The van der Waals surface area contributed by atoms with Crippen LogP contribution in [0.4, 0.5) is 4.39 Å². The minimum atomic E-state index is -0.372. The Bertz CT molecular complexity index is 852. The maximum Gasteiger partial charge on any atom is 0.253 e. The molecule has 1 aliphatic heterocycles. The van der Waals surface area contributed by atoms with Gasteiger partial charge in [-0.25, -0.2) is 9.37 Å². The molecule has 1 saturated heterocycles. The zero-order valence-electron chi connectivity index (χ0n) is 17.0. The number of hydrogen-bond acceptors (Lipinski definition) is 5. The number of halogens is 1. The standard InChI is InChI=1S/C22H26FN3O4/c1-29-13-14-30-21-18(3-2-10-24-21)15-25-20(27)16-8-11-26(12-9-16)22(28)17-4-6-19(23)7-5-17/h2-7,10,16H,8-9,11-15H2,1H3,(H,25,27). The topological polar surface area (TPSA) is 80.8 Å². The fourth-order valence-electron chi connectivity index (χ4n) is 3.36. The molecule has 0 atom stereocenters. The first-order valence-corrected chi connectivity index (χ1v) is 9.96. The van der Waals surface area contributed by atoms with E-state index >= 15 is 0 Å². The van der Waals surface area contributed by atoms with E-state index in [1.54, 1.807) is 24.3 Å². The zero-order valence-corrected chi connectivity index (χ0v) is 17.0. The Balaban J connectivity index is 1.48. The SMILES string of the molecule is COCCOc1ncccc1CNC(=O)C1CCN(C(=O)c2ccc(F)cc2)CC1. The van der Waals surface area contributed by atoms with E-state index in [2.05, 4.69) is 10.3 Å². The smallest absolute Gasteiger partial charge is 0.253 e. The van der Waals surface area contributed by atoms with Crippen molar-refractivity contribution in [2.45, 2.75) is 19.4 Å². The minimum absolute atomic E-state index is 0.0458. The van der Waals surface area contributed by atoms with Crippen molar-refractivity contribution in [3.05, 3.63) is 59.5 Å². The van der Waals surface area contributed by atoms with Crippen LogP contribution in [0.1, 0.15) is 28.8 Å². The average molecular weight is 415 g/mol. The van der Waals surface area contributed by atoms with Crippen molar-refractivity contribution in [1.29, 1.82) is 0 Å². The van der Waals surface area contributed by atoms with Gasteiger partial charge >= 0.3 is 0 Å². The van der Waals surface area contributed by atoms with Crippen molar-refractivity contribution < 1.29 is 23.5 Å². The molecule has 1 aromatic carbocycles. The molecule has 160 valence electrons. The quantitative estimate of drug-likeness (QED) is 0.670. The Morgan fingerprint density at radius 3 is 2.60 bits per heavy atom. The molecule has 7 nitrogen and oxygen atoms in total. The van der Waals surface area contributed by atoms with Crippen molar-refractivity contribution in [2.24, 2.45) is 5.92 Å². The summed E-state index contributed by atoms with van der Waals surface area (Å²) < 4.78 is 23.6. The van der Waals surface area contributed by atoms with Crippen molar-refractivity contribution >= 4 is 11.8 Å². The molecule has 2 aromatic rings. The molecular weight excluding hydrogens is 389 g/mol. The van der Waals surface area contributed by atoms with Gasteiger partial charge in [-0.05, 0) is 43.2 Å². The van der Waals surface area contributed by atoms with Crippen LogP contribution < -0.4 is 10.1 Å². The summed E-state index contributed by atoms with van der Waals surface area (Å²) in [6.07, 6.45) is 2.81. The number of nitrogens with zero attached hydrogens (tertiary/aromatic N) is 2. The summed E-state index contributed by atoms with van der Waals surface area (Å²) in [5, 5.41) is 2.95. The van der Waals surface area contributed by atoms with Crippen LogP contribution in [0.25, 0.3) is 0 Å². The summed E-state index contributed by atoms with van der Waals surface area (Å²) in [6, 6.07) is 9.18. The summed E-state index contributed by atoms with van der Waals surface area (Å²) in [4.78, 5) is 31.0. The fourth-order valence-corrected chi connectivity index (χ4v) is 3.36. The Kier molecular flexibility index (Phi) is 7.73. The molecule has 2 heterocycles. The highest BCUT2D eigenvalue weighted by atomic mass is 19.1. The number of amides is 2. The number of ether oxygens (including phenoxy) is 2. The van der Waals surface area contributed by atoms with E-state index < -0.39 is 0 Å². The monoisotopic (exact) mass is 415 g/mol. The molecule has 0 radical (unpaired) electrons. The van der Waals surface area contributed by atoms with Crippen LogP contribution in [0.15, 0.2) is 42.6 Å². The van der Waals surface area contributed by atoms with Gasteiger partial charge < -0.3 is 19.7 Å². The van der Waals surface area contributed by atoms with Crippen molar-refractivity contribution in [2.75, 3.05) is 33.4 Å². The van der Waals surface area contributed by atoms with Gasteiger partial charge in [-0.1, -0.05) is 6.07 Å². The second-order valence-corrected chi connectivity index (χ2v) is 7.10. The summed E-state index contributed by atoms with van der Waals surface area (Å²) >= 11 is 0. The van der Waals surface area contributed by atoms with Crippen molar-refractivity contribution in [3.63, 3.8) is 0 Å². The van der Waals surface area contributed by atoms with Gasteiger partial charge in [0.15, 0.2) is 0 Å². The van der Waals surface area contributed by atoms with Crippen LogP contribution in [0.3, 0.4) is 0 Å². The predicted octanol–water partition coefficient (Wildman–Crippen LogP) is 2.41. The molecule has 30 heavy (non-hydrogen) atoms. The van der Waals surface area contributed by atoms with Gasteiger partial charge in [-0.3, -0.25) is 9.59 Å². The third-order valence-corrected chi connectivity index (χ3v) is 5.07. The molecule has 3 rings (SSSR count). The van der Waals surface area contributed by atoms with Gasteiger partial charge in [0.1, 0.15) is 12.4 Å². The zero-order chi connectivity index (χ0) is 21.3. The van der Waals surface area contributed by atoms with Crippen LogP contribution in [0.5, 0.6) is 5.88 Å². The second-order valence-electron chi connectivity index (χ2n) is 7.10. The average Bonchev–Trinajstić information content (AvgIpc) is 2.78. The van der Waals surface area contributed by atoms with E-state index in [-0.39, 0.29) is 23.5 Å². The van der Waals surface area contributed by atoms with Crippen LogP contribution in [-0.2, 0) is 16.1 Å². The maximum atomic E-state index is 13.0. The van der Waals surface area contributed by atoms with Gasteiger partial charge in [0.25, 0.3) is 5.91 Å². The molecule has 0 saturated carbocycles. The molecule has 1 aliphatic rings. The number of carbonyl (C=O) groups is 2. The molecule has 0 aliphatic carbocycles. The number of benzene rings is 1. The number of methoxy groups -OCH3 is 1. The molecule has 8 heteroatoms. The van der Waals surface area contributed by atoms with Crippen molar-refractivity contribution in [1.82, 2.24) is 15.2 Å². The minimum Gasteiger partial charge on any atom is -0.475 e. The van der Waals surface area contributed by atoms with Crippen LogP contribution in [0, 0.1) is 11.7 Å². The largest absolute Gasteiger partial charge is 0.475 e. The van der Waals surface area contributed by atoms with Gasteiger partial charge in [-0.15, -0.1) is 0 Å².